The summed E-state index contributed by atoms with van der Waals surface area (Å²) < 4.78 is 5.34. The second-order valence-electron chi connectivity index (χ2n) is 5.67. The number of anilines is 1. The molecule has 0 amide bonds. The normalized spacial score (nSPS) is 22.8. The van der Waals surface area contributed by atoms with Gasteiger partial charge in [-0.3, -0.25) is 4.79 Å². The van der Waals surface area contributed by atoms with Crippen molar-refractivity contribution in [2.45, 2.75) is 31.6 Å². The van der Waals surface area contributed by atoms with Crippen molar-refractivity contribution in [1.29, 1.82) is 0 Å². The lowest BCUT2D eigenvalue weighted by molar-refractivity contribution is -0.120. The van der Waals surface area contributed by atoms with Crippen molar-refractivity contribution in [3.8, 4) is 0 Å². The molecule has 1 aromatic carbocycles. The second kappa shape index (κ2) is 5.74. The predicted octanol–water partition coefficient (Wildman–Crippen LogP) is 2.97. The highest BCUT2D eigenvalue weighted by molar-refractivity contribution is 5.80. The van der Waals surface area contributed by atoms with E-state index in [1.807, 2.05) is 6.07 Å². The van der Waals surface area contributed by atoms with Gasteiger partial charge in [0.2, 0.25) is 0 Å². The van der Waals surface area contributed by atoms with Crippen LogP contribution >= 0.6 is 0 Å². The third kappa shape index (κ3) is 2.98. The van der Waals surface area contributed by atoms with E-state index in [4.69, 9.17) is 4.74 Å². The first kappa shape index (κ1) is 12.7. The van der Waals surface area contributed by atoms with Crippen LogP contribution in [0.3, 0.4) is 0 Å². The Morgan fingerprint density at radius 2 is 2.00 bits per heavy atom. The number of Topliss-reactive ketones (excluding diaryl/α,β-unsaturated/α-hetero) is 1. The van der Waals surface area contributed by atoms with E-state index in [1.54, 1.807) is 0 Å². The van der Waals surface area contributed by atoms with Crippen molar-refractivity contribution in [2.75, 3.05) is 25.1 Å². The fourth-order valence-electron chi connectivity index (χ4n) is 3.17. The number of carbonyl (C=O) groups excluding carboxylic acids is 1. The molecule has 1 atom stereocenters. The van der Waals surface area contributed by atoms with Crippen LogP contribution < -0.4 is 5.32 Å². The van der Waals surface area contributed by atoms with Crippen LogP contribution in [0, 0.1) is 5.92 Å². The van der Waals surface area contributed by atoms with E-state index in [0.717, 1.165) is 39.0 Å². The number of fused-ring (bicyclic) bond motifs is 1. The van der Waals surface area contributed by atoms with Crippen LogP contribution in [0.1, 0.15) is 37.2 Å². The Hall–Kier alpha value is -1.35. The van der Waals surface area contributed by atoms with Gasteiger partial charge in [0.25, 0.3) is 0 Å². The highest BCUT2D eigenvalue weighted by Crippen LogP contribution is 2.34. The summed E-state index contributed by atoms with van der Waals surface area (Å²) >= 11 is 0. The van der Waals surface area contributed by atoms with E-state index in [9.17, 15) is 4.79 Å². The van der Waals surface area contributed by atoms with Gasteiger partial charge in [-0.15, -0.1) is 0 Å². The Kier molecular flexibility index (Phi) is 3.83. The fourth-order valence-corrected chi connectivity index (χ4v) is 3.17. The summed E-state index contributed by atoms with van der Waals surface area (Å²) in [5.74, 6) is 1.32. The molecule has 2 aliphatic heterocycles. The van der Waals surface area contributed by atoms with Crippen LogP contribution in [-0.4, -0.2) is 25.5 Å². The van der Waals surface area contributed by atoms with E-state index >= 15 is 0 Å². The average Bonchev–Trinajstić information content (AvgIpc) is 2.83. The summed E-state index contributed by atoms with van der Waals surface area (Å²) in [6.45, 7) is 2.55. The number of hydrogen-bond donors (Lipinski definition) is 1. The summed E-state index contributed by atoms with van der Waals surface area (Å²) in [4.78, 5) is 12.2. The molecule has 0 saturated carbocycles. The zero-order valence-corrected chi connectivity index (χ0v) is 11.2. The van der Waals surface area contributed by atoms with Crippen molar-refractivity contribution in [3.63, 3.8) is 0 Å². The summed E-state index contributed by atoms with van der Waals surface area (Å²) in [6.07, 6.45) is 3.51. The van der Waals surface area contributed by atoms with Gasteiger partial charge >= 0.3 is 0 Å². The van der Waals surface area contributed by atoms with Crippen LogP contribution in [0.2, 0.25) is 0 Å². The molecule has 2 aliphatic rings. The molecular formula is C16H21NO2. The van der Waals surface area contributed by atoms with Crippen LogP contribution in [0.5, 0.6) is 0 Å². The fraction of sp³-hybridized carbons (Fsp3) is 0.562. The Balaban J connectivity index is 1.55. The minimum atomic E-state index is 0.364. The van der Waals surface area contributed by atoms with Gasteiger partial charge in [0, 0.05) is 44.2 Å². The third-order valence-electron chi connectivity index (χ3n) is 4.27. The quantitative estimate of drug-likeness (QED) is 0.903. The molecule has 1 fully saturated rings. The van der Waals surface area contributed by atoms with Crippen molar-refractivity contribution < 1.29 is 9.53 Å². The first-order valence-corrected chi connectivity index (χ1v) is 7.25. The largest absolute Gasteiger partial charge is 0.384 e. The minimum Gasteiger partial charge on any atom is -0.384 e. The molecule has 3 heteroatoms. The SMILES string of the molecule is O=C(CC1CCOCC1)CC1CNc2ccccc21. The average molecular weight is 259 g/mol. The first-order valence-electron chi connectivity index (χ1n) is 7.25. The van der Waals surface area contributed by atoms with Gasteiger partial charge in [-0.1, -0.05) is 18.2 Å². The predicted molar refractivity (Wildman–Crippen MR) is 75.5 cm³/mol. The summed E-state index contributed by atoms with van der Waals surface area (Å²) in [5.41, 5.74) is 2.51. The smallest absolute Gasteiger partial charge is 0.133 e. The van der Waals surface area contributed by atoms with E-state index in [2.05, 4.69) is 23.5 Å². The molecule has 3 rings (SSSR count). The number of ketones is 1. The van der Waals surface area contributed by atoms with Gasteiger partial charge in [0.15, 0.2) is 0 Å². The van der Waals surface area contributed by atoms with Crippen molar-refractivity contribution >= 4 is 11.5 Å². The lowest BCUT2D eigenvalue weighted by Crippen LogP contribution is -2.20. The molecule has 102 valence electrons. The molecule has 19 heavy (non-hydrogen) atoms. The zero-order valence-electron chi connectivity index (χ0n) is 11.2. The Labute approximate surface area is 114 Å². The maximum atomic E-state index is 12.2. The van der Waals surface area contributed by atoms with Crippen molar-refractivity contribution in [2.24, 2.45) is 5.92 Å². The molecule has 0 radical (unpaired) electrons. The van der Waals surface area contributed by atoms with Crippen LogP contribution in [-0.2, 0) is 9.53 Å². The highest BCUT2D eigenvalue weighted by atomic mass is 16.5. The molecule has 0 spiro atoms. The maximum absolute atomic E-state index is 12.2. The zero-order chi connectivity index (χ0) is 13.1. The van der Waals surface area contributed by atoms with Crippen LogP contribution in [0.4, 0.5) is 5.69 Å². The standard InChI is InChI=1S/C16H21NO2/c18-14(9-12-5-7-19-8-6-12)10-13-11-17-16-4-2-1-3-15(13)16/h1-4,12-13,17H,5-11H2. The topological polar surface area (TPSA) is 38.3 Å². The lowest BCUT2D eigenvalue weighted by atomic mass is 9.89. The third-order valence-corrected chi connectivity index (χ3v) is 4.27. The minimum absolute atomic E-state index is 0.364. The molecule has 1 unspecified atom stereocenters. The molecule has 0 aliphatic carbocycles. The Morgan fingerprint density at radius 1 is 1.21 bits per heavy atom. The van der Waals surface area contributed by atoms with E-state index in [1.165, 1.54) is 11.3 Å². The summed E-state index contributed by atoms with van der Waals surface area (Å²) in [5, 5.41) is 3.39. The Bertz CT molecular complexity index is 452. The number of rotatable bonds is 4. The van der Waals surface area contributed by atoms with Crippen LogP contribution in [0.15, 0.2) is 24.3 Å². The molecule has 3 nitrogen and oxygen atoms in total. The second-order valence-corrected chi connectivity index (χ2v) is 5.67. The van der Waals surface area contributed by atoms with Gasteiger partial charge in [-0.05, 0) is 30.4 Å². The molecule has 2 heterocycles. The van der Waals surface area contributed by atoms with E-state index in [0.29, 0.717) is 24.0 Å². The van der Waals surface area contributed by atoms with Crippen molar-refractivity contribution in [1.82, 2.24) is 0 Å². The highest BCUT2D eigenvalue weighted by Gasteiger charge is 2.25. The number of carbonyl (C=O) groups is 1. The Morgan fingerprint density at radius 3 is 2.84 bits per heavy atom. The van der Waals surface area contributed by atoms with Gasteiger partial charge in [0.05, 0.1) is 0 Å². The van der Waals surface area contributed by atoms with Gasteiger partial charge in [-0.2, -0.15) is 0 Å². The van der Waals surface area contributed by atoms with Crippen LogP contribution in [0.25, 0.3) is 0 Å². The first-order chi connectivity index (χ1) is 9.33. The number of nitrogens with one attached hydrogen (secondary N) is 1. The molecule has 1 N–H and O–H groups in total. The van der Waals surface area contributed by atoms with Gasteiger partial charge in [-0.25, -0.2) is 0 Å². The number of hydrogen-bond acceptors (Lipinski definition) is 3. The molecule has 1 saturated heterocycles. The van der Waals surface area contributed by atoms with Gasteiger partial charge < -0.3 is 10.1 Å². The number of para-hydroxylation sites is 1. The van der Waals surface area contributed by atoms with Gasteiger partial charge in [0.1, 0.15) is 5.78 Å². The number of benzene rings is 1. The molecular weight excluding hydrogens is 238 g/mol. The maximum Gasteiger partial charge on any atom is 0.133 e. The molecule has 0 bridgehead atoms. The van der Waals surface area contributed by atoms with Crippen molar-refractivity contribution in [3.05, 3.63) is 29.8 Å². The van der Waals surface area contributed by atoms with E-state index < -0.39 is 0 Å². The summed E-state index contributed by atoms with van der Waals surface area (Å²) in [7, 11) is 0. The van der Waals surface area contributed by atoms with E-state index in [-0.39, 0.29) is 0 Å². The lowest BCUT2D eigenvalue weighted by Gasteiger charge is -2.21. The molecule has 0 aromatic heterocycles. The number of ether oxygens (including phenoxy) is 1. The monoisotopic (exact) mass is 259 g/mol. The summed E-state index contributed by atoms with van der Waals surface area (Å²) in [6, 6.07) is 8.33. The molecule has 1 aromatic rings.